The molecule has 3 rings (SSSR count). The van der Waals surface area contributed by atoms with Crippen LogP contribution in [-0.4, -0.2) is 58.0 Å². The van der Waals surface area contributed by atoms with Crippen molar-refractivity contribution in [2.75, 3.05) is 26.2 Å². The number of halogens is 1. The fraction of sp³-hybridized carbons (Fsp3) is 0.312. The highest BCUT2D eigenvalue weighted by Crippen LogP contribution is 2.17. The SMILES string of the molecule is O=C(Cc1ccccc1Cl)N1CCN(C(=O)c2cn[nH]c2)CC1. The third-order valence-corrected chi connectivity index (χ3v) is 4.33. The summed E-state index contributed by atoms with van der Waals surface area (Å²) in [5.74, 6) is -0.0227. The molecule has 1 saturated heterocycles. The first-order valence-electron chi connectivity index (χ1n) is 7.44. The van der Waals surface area contributed by atoms with E-state index in [1.165, 1.54) is 6.20 Å². The first-order chi connectivity index (χ1) is 11.1. The zero-order valence-electron chi connectivity index (χ0n) is 12.5. The standard InChI is InChI=1S/C16H17ClN4O2/c17-14-4-2-1-3-12(14)9-15(22)20-5-7-21(8-6-20)16(23)13-10-18-19-11-13/h1-4,10-11H,5-9H2,(H,18,19). The van der Waals surface area contributed by atoms with Crippen LogP contribution in [0.15, 0.2) is 36.7 Å². The molecule has 0 atom stereocenters. The summed E-state index contributed by atoms with van der Waals surface area (Å²) in [6, 6.07) is 7.36. The van der Waals surface area contributed by atoms with E-state index >= 15 is 0 Å². The van der Waals surface area contributed by atoms with Crippen LogP contribution >= 0.6 is 11.6 Å². The lowest BCUT2D eigenvalue weighted by atomic mass is 10.1. The minimum atomic E-state index is -0.0584. The molecular formula is C16H17ClN4O2. The van der Waals surface area contributed by atoms with E-state index < -0.39 is 0 Å². The number of nitrogens with one attached hydrogen (secondary N) is 1. The normalized spacial score (nSPS) is 14.8. The van der Waals surface area contributed by atoms with Crippen LogP contribution in [0.4, 0.5) is 0 Å². The Balaban J connectivity index is 1.55. The second kappa shape index (κ2) is 6.83. The van der Waals surface area contributed by atoms with Gasteiger partial charge in [0.2, 0.25) is 5.91 Å². The zero-order chi connectivity index (χ0) is 16.2. The molecule has 1 N–H and O–H groups in total. The van der Waals surface area contributed by atoms with Crippen molar-refractivity contribution in [2.45, 2.75) is 6.42 Å². The van der Waals surface area contributed by atoms with Crippen LogP contribution < -0.4 is 0 Å². The number of carbonyl (C=O) groups is 2. The maximum Gasteiger partial charge on any atom is 0.257 e. The summed E-state index contributed by atoms with van der Waals surface area (Å²) >= 11 is 6.10. The van der Waals surface area contributed by atoms with E-state index in [4.69, 9.17) is 11.6 Å². The summed E-state index contributed by atoms with van der Waals surface area (Å²) in [5.41, 5.74) is 1.37. The molecule has 2 heterocycles. The van der Waals surface area contributed by atoms with Gasteiger partial charge in [0.05, 0.1) is 18.2 Å². The third kappa shape index (κ3) is 3.53. The molecule has 1 fully saturated rings. The monoisotopic (exact) mass is 332 g/mol. The molecular weight excluding hydrogens is 316 g/mol. The summed E-state index contributed by atoms with van der Waals surface area (Å²) < 4.78 is 0. The molecule has 6 nitrogen and oxygen atoms in total. The van der Waals surface area contributed by atoms with Crippen molar-refractivity contribution in [3.63, 3.8) is 0 Å². The summed E-state index contributed by atoms with van der Waals surface area (Å²) in [7, 11) is 0. The van der Waals surface area contributed by atoms with Gasteiger partial charge in [0, 0.05) is 37.4 Å². The minimum Gasteiger partial charge on any atom is -0.339 e. The van der Waals surface area contributed by atoms with Crippen LogP contribution in [0.1, 0.15) is 15.9 Å². The number of aromatic nitrogens is 2. The van der Waals surface area contributed by atoms with Gasteiger partial charge in [-0.05, 0) is 11.6 Å². The van der Waals surface area contributed by atoms with Gasteiger partial charge in [-0.3, -0.25) is 14.7 Å². The fourth-order valence-corrected chi connectivity index (χ4v) is 2.83. The van der Waals surface area contributed by atoms with E-state index in [0.717, 1.165) is 5.56 Å². The quantitative estimate of drug-likeness (QED) is 0.928. The van der Waals surface area contributed by atoms with Crippen molar-refractivity contribution in [3.05, 3.63) is 52.8 Å². The molecule has 0 aliphatic carbocycles. The first kappa shape index (κ1) is 15.6. The summed E-state index contributed by atoms with van der Waals surface area (Å²) in [5, 5.41) is 7.03. The van der Waals surface area contributed by atoms with Crippen LogP contribution in [0.2, 0.25) is 5.02 Å². The van der Waals surface area contributed by atoms with Gasteiger partial charge >= 0.3 is 0 Å². The Bertz CT molecular complexity index is 694. The summed E-state index contributed by atoms with van der Waals surface area (Å²) in [6.07, 6.45) is 3.38. The average Bonchev–Trinajstić information content (AvgIpc) is 3.11. The highest BCUT2D eigenvalue weighted by molar-refractivity contribution is 6.31. The number of hydrogen-bond donors (Lipinski definition) is 1. The third-order valence-electron chi connectivity index (χ3n) is 3.96. The van der Waals surface area contributed by atoms with Crippen molar-refractivity contribution in [1.29, 1.82) is 0 Å². The minimum absolute atomic E-state index is 0.0357. The molecule has 7 heteroatoms. The second-order valence-electron chi connectivity index (χ2n) is 5.43. The van der Waals surface area contributed by atoms with E-state index in [1.54, 1.807) is 22.1 Å². The number of carbonyl (C=O) groups excluding carboxylic acids is 2. The molecule has 0 bridgehead atoms. The van der Waals surface area contributed by atoms with Crippen molar-refractivity contribution in [1.82, 2.24) is 20.0 Å². The van der Waals surface area contributed by atoms with Gasteiger partial charge in [0.25, 0.3) is 5.91 Å². The first-order valence-corrected chi connectivity index (χ1v) is 7.82. The number of benzene rings is 1. The molecule has 1 aromatic carbocycles. The smallest absolute Gasteiger partial charge is 0.257 e. The van der Waals surface area contributed by atoms with Gasteiger partial charge in [0.15, 0.2) is 0 Å². The van der Waals surface area contributed by atoms with Crippen LogP contribution in [0.25, 0.3) is 0 Å². The van der Waals surface area contributed by atoms with E-state index in [9.17, 15) is 9.59 Å². The molecule has 0 unspecified atom stereocenters. The van der Waals surface area contributed by atoms with Gasteiger partial charge in [-0.1, -0.05) is 29.8 Å². The molecule has 1 aliphatic heterocycles. The topological polar surface area (TPSA) is 69.3 Å². The molecule has 2 aromatic rings. The maximum absolute atomic E-state index is 12.4. The van der Waals surface area contributed by atoms with Crippen molar-refractivity contribution < 1.29 is 9.59 Å². The Morgan fingerprint density at radius 2 is 1.83 bits per heavy atom. The average molecular weight is 333 g/mol. The predicted molar refractivity (Wildman–Crippen MR) is 86.2 cm³/mol. The Morgan fingerprint density at radius 3 is 2.48 bits per heavy atom. The number of amides is 2. The number of H-pyrrole nitrogens is 1. The summed E-state index contributed by atoms with van der Waals surface area (Å²) in [4.78, 5) is 28.1. The van der Waals surface area contributed by atoms with E-state index in [-0.39, 0.29) is 18.2 Å². The van der Waals surface area contributed by atoms with Crippen molar-refractivity contribution in [2.24, 2.45) is 0 Å². The maximum atomic E-state index is 12.4. The molecule has 2 amide bonds. The highest BCUT2D eigenvalue weighted by Gasteiger charge is 2.25. The van der Waals surface area contributed by atoms with Crippen LogP contribution in [0.5, 0.6) is 0 Å². The second-order valence-corrected chi connectivity index (χ2v) is 5.84. The van der Waals surface area contributed by atoms with Gasteiger partial charge < -0.3 is 9.80 Å². The lowest BCUT2D eigenvalue weighted by molar-refractivity contribution is -0.131. The van der Waals surface area contributed by atoms with E-state index in [1.807, 2.05) is 18.2 Å². The lowest BCUT2D eigenvalue weighted by Crippen LogP contribution is -2.50. The van der Waals surface area contributed by atoms with Crippen LogP contribution in [-0.2, 0) is 11.2 Å². The zero-order valence-corrected chi connectivity index (χ0v) is 13.3. The predicted octanol–water partition coefficient (Wildman–Crippen LogP) is 1.59. The number of nitrogens with zero attached hydrogens (tertiary/aromatic N) is 3. The van der Waals surface area contributed by atoms with Gasteiger partial charge in [-0.15, -0.1) is 0 Å². The molecule has 0 radical (unpaired) electrons. The molecule has 1 aromatic heterocycles. The molecule has 1 aliphatic rings. The number of rotatable bonds is 3. The van der Waals surface area contributed by atoms with E-state index in [0.29, 0.717) is 36.8 Å². The molecule has 0 saturated carbocycles. The molecule has 120 valence electrons. The van der Waals surface area contributed by atoms with Crippen LogP contribution in [0, 0.1) is 0 Å². The Hall–Kier alpha value is -2.34. The highest BCUT2D eigenvalue weighted by atomic mass is 35.5. The molecule has 0 spiro atoms. The largest absolute Gasteiger partial charge is 0.339 e. The number of aromatic amines is 1. The van der Waals surface area contributed by atoms with E-state index in [2.05, 4.69) is 10.2 Å². The van der Waals surface area contributed by atoms with Crippen molar-refractivity contribution >= 4 is 23.4 Å². The molecule has 23 heavy (non-hydrogen) atoms. The van der Waals surface area contributed by atoms with Gasteiger partial charge in [-0.25, -0.2) is 0 Å². The van der Waals surface area contributed by atoms with Gasteiger partial charge in [0.1, 0.15) is 0 Å². The van der Waals surface area contributed by atoms with Crippen LogP contribution in [0.3, 0.4) is 0 Å². The Kier molecular flexibility index (Phi) is 4.62. The summed E-state index contributed by atoms with van der Waals surface area (Å²) in [6.45, 7) is 2.12. The number of piperazine rings is 1. The Morgan fingerprint density at radius 1 is 1.13 bits per heavy atom. The lowest BCUT2D eigenvalue weighted by Gasteiger charge is -2.34. The number of hydrogen-bond acceptors (Lipinski definition) is 3. The Labute approximate surface area is 139 Å². The van der Waals surface area contributed by atoms with Crippen molar-refractivity contribution in [3.8, 4) is 0 Å². The fourth-order valence-electron chi connectivity index (χ4n) is 2.63. The van der Waals surface area contributed by atoms with Gasteiger partial charge in [-0.2, -0.15) is 5.10 Å².